The molecule has 0 spiro atoms. The van der Waals surface area contributed by atoms with E-state index >= 15 is 0 Å². The molecule has 27 heavy (non-hydrogen) atoms. The SMILES string of the molecule is Cc1nn(C)c2ncn(Cc3nc(CCc4ccc(Cl)cc4)ns3)c(=O)c12. The molecule has 0 bridgehead atoms. The molecule has 0 unspecified atom stereocenters. The predicted octanol–water partition coefficient (Wildman–Crippen LogP) is 2.78. The van der Waals surface area contributed by atoms with Crippen molar-refractivity contribution in [1.29, 1.82) is 0 Å². The van der Waals surface area contributed by atoms with Crippen molar-refractivity contribution in [3.8, 4) is 0 Å². The van der Waals surface area contributed by atoms with Crippen LogP contribution in [0.15, 0.2) is 35.4 Å². The Kier molecular flexibility index (Phi) is 4.75. The van der Waals surface area contributed by atoms with Crippen LogP contribution in [-0.4, -0.2) is 28.7 Å². The third-order valence-electron chi connectivity index (χ3n) is 4.35. The van der Waals surface area contributed by atoms with Gasteiger partial charge in [0.2, 0.25) is 0 Å². The molecule has 0 fully saturated rings. The average molecular weight is 401 g/mol. The molecule has 7 nitrogen and oxygen atoms in total. The maximum atomic E-state index is 12.7. The topological polar surface area (TPSA) is 78.5 Å². The third kappa shape index (κ3) is 3.63. The molecule has 3 heterocycles. The lowest BCUT2D eigenvalue weighted by molar-refractivity contribution is 0.728. The van der Waals surface area contributed by atoms with Crippen LogP contribution in [0.2, 0.25) is 5.02 Å². The van der Waals surface area contributed by atoms with Crippen molar-refractivity contribution in [2.45, 2.75) is 26.3 Å². The molecule has 0 saturated carbocycles. The Hall–Kier alpha value is -2.58. The Bertz CT molecular complexity index is 1160. The zero-order chi connectivity index (χ0) is 19.0. The molecule has 0 amide bonds. The average Bonchev–Trinajstić information content (AvgIpc) is 3.21. The van der Waals surface area contributed by atoms with Crippen molar-refractivity contribution in [2.75, 3.05) is 0 Å². The van der Waals surface area contributed by atoms with Crippen LogP contribution in [0.4, 0.5) is 0 Å². The van der Waals surface area contributed by atoms with E-state index in [4.69, 9.17) is 11.6 Å². The number of hydrogen-bond donors (Lipinski definition) is 0. The highest BCUT2D eigenvalue weighted by atomic mass is 35.5. The summed E-state index contributed by atoms with van der Waals surface area (Å²) < 4.78 is 7.59. The second kappa shape index (κ2) is 7.21. The predicted molar refractivity (Wildman–Crippen MR) is 105 cm³/mol. The summed E-state index contributed by atoms with van der Waals surface area (Å²) >= 11 is 7.22. The quantitative estimate of drug-likeness (QED) is 0.514. The molecule has 138 valence electrons. The van der Waals surface area contributed by atoms with Crippen LogP contribution in [0, 0.1) is 6.92 Å². The van der Waals surface area contributed by atoms with Gasteiger partial charge in [0.25, 0.3) is 5.56 Å². The van der Waals surface area contributed by atoms with Gasteiger partial charge in [0, 0.05) is 18.5 Å². The molecule has 0 saturated heterocycles. The number of hydrogen-bond acceptors (Lipinski definition) is 6. The number of aryl methyl sites for hydroxylation is 4. The Labute approximate surface area is 164 Å². The van der Waals surface area contributed by atoms with E-state index in [1.807, 2.05) is 31.2 Å². The number of nitrogens with zero attached hydrogens (tertiary/aromatic N) is 6. The van der Waals surface area contributed by atoms with Crippen LogP contribution in [0.3, 0.4) is 0 Å². The standard InChI is InChI=1S/C18H17ClN6OS/c1-11-16-17(24(2)22-11)20-10-25(18(16)26)9-15-21-14(23-27-15)8-5-12-3-6-13(19)7-4-12/h3-4,6-7,10H,5,8-9H2,1-2H3. The van der Waals surface area contributed by atoms with Crippen LogP contribution in [0.1, 0.15) is 22.1 Å². The van der Waals surface area contributed by atoms with E-state index in [1.54, 1.807) is 22.6 Å². The Morgan fingerprint density at radius 3 is 2.74 bits per heavy atom. The number of rotatable bonds is 5. The first-order valence-corrected chi connectivity index (χ1v) is 9.61. The molecular formula is C18H17ClN6OS. The molecular weight excluding hydrogens is 384 g/mol. The van der Waals surface area contributed by atoms with E-state index in [-0.39, 0.29) is 5.56 Å². The van der Waals surface area contributed by atoms with E-state index in [1.165, 1.54) is 17.1 Å². The molecule has 0 atom stereocenters. The number of benzene rings is 1. The molecule has 3 aromatic heterocycles. The van der Waals surface area contributed by atoms with Gasteiger partial charge >= 0.3 is 0 Å². The van der Waals surface area contributed by atoms with Crippen LogP contribution >= 0.6 is 23.1 Å². The van der Waals surface area contributed by atoms with Gasteiger partial charge in [-0.2, -0.15) is 9.47 Å². The van der Waals surface area contributed by atoms with Gasteiger partial charge < -0.3 is 0 Å². The summed E-state index contributed by atoms with van der Waals surface area (Å²) in [7, 11) is 1.78. The number of aromatic nitrogens is 6. The van der Waals surface area contributed by atoms with Crippen LogP contribution in [0.5, 0.6) is 0 Å². The van der Waals surface area contributed by atoms with E-state index in [0.717, 1.165) is 28.7 Å². The Morgan fingerprint density at radius 1 is 1.19 bits per heavy atom. The normalized spacial score (nSPS) is 11.4. The van der Waals surface area contributed by atoms with Crippen molar-refractivity contribution in [3.63, 3.8) is 0 Å². The van der Waals surface area contributed by atoms with E-state index in [9.17, 15) is 4.79 Å². The second-order valence-electron chi connectivity index (χ2n) is 6.32. The molecule has 0 aliphatic rings. The van der Waals surface area contributed by atoms with Gasteiger partial charge in [0.05, 0.1) is 12.2 Å². The van der Waals surface area contributed by atoms with Crippen molar-refractivity contribution in [2.24, 2.45) is 7.05 Å². The first-order valence-electron chi connectivity index (χ1n) is 8.46. The van der Waals surface area contributed by atoms with Gasteiger partial charge in [-0.25, -0.2) is 14.6 Å². The fraction of sp³-hybridized carbons (Fsp3) is 0.278. The first kappa shape index (κ1) is 17.8. The van der Waals surface area contributed by atoms with Gasteiger partial charge in [0.1, 0.15) is 22.5 Å². The minimum absolute atomic E-state index is 0.108. The number of fused-ring (bicyclic) bond motifs is 1. The molecule has 0 radical (unpaired) electrons. The van der Waals surface area contributed by atoms with E-state index in [0.29, 0.717) is 23.3 Å². The van der Waals surface area contributed by atoms with Crippen LogP contribution in [0.25, 0.3) is 11.0 Å². The molecule has 0 aliphatic heterocycles. The smallest absolute Gasteiger partial charge is 0.265 e. The maximum Gasteiger partial charge on any atom is 0.265 e. The molecule has 4 rings (SSSR count). The maximum absolute atomic E-state index is 12.7. The third-order valence-corrected chi connectivity index (χ3v) is 5.34. The minimum Gasteiger partial charge on any atom is -0.292 e. The Morgan fingerprint density at radius 2 is 1.96 bits per heavy atom. The highest BCUT2D eigenvalue weighted by Gasteiger charge is 2.14. The largest absolute Gasteiger partial charge is 0.292 e. The summed E-state index contributed by atoms with van der Waals surface area (Å²) in [6.45, 7) is 2.17. The van der Waals surface area contributed by atoms with Crippen molar-refractivity contribution in [1.82, 2.24) is 28.7 Å². The molecule has 9 heteroatoms. The summed E-state index contributed by atoms with van der Waals surface area (Å²) in [5, 5.41) is 6.33. The number of halogens is 1. The summed E-state index contributed by atoms with van der Waals surface area (Å²) in [5.74, 6) is 0.782. The van der Waals surface area contributed by atoms with Crippen molar-refractivity contribution in [3.05, 3.63) is 68.1 Å². The lowest BCUT2D eigenvalue weighted by atomic mass is 10.1. The van der Waals surface area contributed by atoms with E-state index < -0.39 is 0 Å². The molecule has 0 aliphatic carbocycles. The van der Waals surface area contributed by atoms with Crippen LogP contribution in [-0.2, 0) is 26.4 Å². The lowest BCUT2D eigenvalue weighted by Gasteiger charge is -2.02. The first-order chi connectivity index (χ1) is 13.0. The zero-order valence-corrected chi connectivity index (χ0v) is 16.5. The van der Waals surface area contributed by atoms with Crippen LogP contribution < -0.4 is 5.56 Å². The summed E-state index contributed by atoms with van der Waals surface area (Å²) in [4.78, 5) is 21.6. The molecule has 0 N–H and O–H groups in total. The van der Waals surface area contributed by atoms with Crippen molar-refractivity contribution < 1.29 is 0 Å². The van der Waals surface area contributed by atoms with Gasteiger partial charge in [-0.05, 0) is 42.6 Å². The Balaban J connectivity index is 1.50. The summed E-state index contributed by atoms with van der Waals surface area (Å²) in [5.41, 5.74) is 2.35. The zero-order valence-electron chi connectivity index (χ0n) is 14.9. The molecule has 1 aromatic carbocycles. The fourth-order valence-corrected chi connectivity index (χ4v) is 3.80. The summed E-state index contributed by atoms with van der Waals surface area (Å²) in [6.07, 6.45) is 3.13. The van der Waals surface area contributed by atoms with Gasteiger partial charge in [0.15, 0.2) is 5.65 Å². The van der Waals surface area contributed by atoms with E-state index in [2.05, 4.69) is 19.4 Å². The lowest BCUT2D eigenvalue weighted by Crippen LogP contribution is -2.21. The fourth-order valence-electron chi connectivity index (χ4n) is 2.99. The minimum atomic E-state index is -0.108. The monoisotopic (exact) mass is 400 g/mol. The van der Waals surface area contributed by atoms with Gasteiger partial charge in [-0.1, -0.05) is 23.7 Å². The second-order valence-corrected chi connectivity index (χ2v) is 7.59. The van der Waals surface area contributed by atoms with Crippen molar-refractivity contribution >= 4 is 34.2 Å². The van der Waals surface area contributed by atoms with Gasteiger partial charge in [-0.3, -0.25) is 9.36 Å². The molecule has 4 aromatic rings. The highest BCUT2D eigenvalue weighted by Crippen LogP contribution is 2.14. The highest BCUT2D eigenvalue weighted by molar-refractivity contribution is 7.05. The summed E-state index contributed by atoms with van der Waals surface area (Å²) in [6, 6.07) is 7.78. The van der Waals surface area contributed by atoms with Gasteiger partial charge in [-0.15, -0.1) is 0 Å².